The third-order valence-corrected chi connectivity index (χ3v) is 8.63. The molecule has 0 radical (unpaired) electrons. The highest BCUT2D eigenvalue weighted by Gasteiger charge is 2.39. The molecule has 47 heavy (non-hydrogen) atoms. The number of rotatable bonds is 10. The van der Waals surface area contributed by atoms with E-state index in [0.717, 1.165) is 16.5 Å². The Hall–Kier alpha value is -5.11. The minimum Gasteiger partial charge on any atom is -0.489 e. The Balaban J connectivity index is 1.49. The number of benzene rings is 3. The maximum atomic E-state index is 14.1. The van der Waals surface area contributed by atoms with Gasteiger partial charge in [0.25, 0.3) is 0 Å². The number of fused-ring (bicyclic) bond motifs is 1. The number of nitrogens with one attached hydrogen (secondary N) is 1. The molecule has 1 aliphatic heterocycles. The average Bonchev–Trinajstić information content (AvgIpc) is 3.04. The van der Waals surface area contributed by atoms with Gasteiger partial charge in [0.1, 0.15) is 23.7 Å². The Kier molecular flexibility index (Phi) is 9.70. The molecular formula is C39H41NO7. The summed E-state index contributed by atoms with van der Waals surface area (Å²) in [4.78, 5) is 40.3. The monoisotopic (exact) mass is 635 g/mol. The molecule has 3 aromatic carbocycles. The van der Waals surface area contributed by atoms with E-state index in [1.165, 1.54) is 0 Å². The first-order valence-electron chi connectivity index (χ1n) is 15.8. The summed E-state index contributed by atoms with van der Waals surface area (Å²) >= 11 is 0. The van der Waals surface area contributed by atoms with Crippen LogP contribution >= 0.6 is 0 Å². The number of allylic oxidation sites excluding steroid dienone is 3. The number of esters is 1. The molecule has 1 aliphatic rings. The van der Waals surface area contributed by atoms with Gasteiger partial charge < -0.3 is 23.9 Å². The zero-order valence-electron chi connectivity index (χ0n) is 28.1. The zero-order valence-corrected chi connectivity index (χ0v) is 28.1. The van der Waals surface area contributed by atoms with E-state index in [0.29, 0.717) is 57.3 Å². The summed E-state index contributed by atoms with van der Waals surface area (Å²) in [6, 6.07) is 20.9. The number of hydrogen-bond acceptors (Lipinski definition) is 8. The van der Waals surface area contributed by atoms with Gasteiger partial charge in [0.2, 0.25) is 6.29 Å². The van der Waals surface area contributed by atoms with Crippen molar-refractivity contribution in [1.82, 2.24) is 5.32 Å². The Labute approximate surface area is 275 Å². The average molecular weight is 636 g/mol. The molecule has 2 heterocycles. The van der Waals surface area contributed by atoms with Crippen LogP contribution in [0.4, 0.5) is 0 Å². The lowest BCUT2D eigenvalue weighted by atomic mass is 9.76. The zero-order chi connectivity index (χ0) is 34.0. The lowest BCUT2D eigenvalue weighted by Crippen LogP contribution is -2.34. The fourth-order valence-electron chi connectivity index (χ4n) is 5.97. The van der Waals surface area contributed by atoms with Gasteiger partial charge >= 0.3 is 11.6 Å². The molecule has 0 amide bonds. The summed E-state index contributed by atoms with van der Waals surface area (Å²) in [6.45, 7) is 14.7. The molecular weight excluding hydrogens is 594 g/mol. The summed E-state index contributed by atoms with van der Waals surface area (Å²) in [6.07, 6.45) is -1.02. The van der Waals surface area contributed by atoms with Crippen LogP contribution in [0.3, 0.4) is 0 Å². The normalized spacial score (nSPS) is 15.5. The number of carbonyl (C=O) groups is 2. The second-order valence-corrected chi connectivity index (χ2v) is 12.3. The second-order valence-electron chi connectivity index (χ2n) is 12.3. The van der Waals surface area contributed by atoms with Gasteiger partial charge in [-0.3, -0.25) is 4.79 Å². The number of dihydropyridines is 1. The largest absolute Gasteiger partial charge is 0.489 e. The molecule has 0 fully saturated rings. The van der Waals surface area contributed by atoms with E-state index in [1.54, 1.807) is 33.8 Å². The van der Waals surface area contributed by atoms with Crippen LogP contribution in [0.5, 0.6) is 11.5 Å². The number of hydrogen-bond donors (Lipinski definition) is 1. The lowest BCUT2D eigenvalue weighted by Gasteiger charge is -2.33. The quantitative estimate of drug-likeness (QED) is 0.107. The molecule has 0 aliphatic carbocycles. The van der Waals surface area contributed by atoms with Crippen molar-refractivity contribution in [2.24, 2.45) is 5.92 Å². The molecule has 2 atom stereocenters. The van der Waals surface area contributed by atoms with E-state index in [-0.39, 0.29) is 17.3 Å². The first-order valence-corrected chi connectivity index (χ1v) is 15.8. The van der Waals surface area contributed by atoms with Crippen LogP contribution in [0.2, 0.25) is 0 Å². The minimum atomic E-state index is -1.02. The molecule has 1 aromatic heterocycles. The molecule has 0 spiro atoms. The molecule has 8 nitrogen and oxygen atoms in total. The highest BCUT2D eigenvalue weighted by Crippen LogP contribution is 2.44. The van der Waals surface area contributed by atoms with Crippen molar-refractivity contribution in [3.8, 4) is 11.5 Å². The highest BCUT2D eigenvalue weighted by molar-refractivity contribution is 6.04. The SMILES string of the molecule is CC1=C(C(=O)OC(C)Oc2ccc3c(C)c(C)c(=O)oc3c2C)C(c2ccccc2OCc2ccccc2)C(C(=O)C(C)C)=C(C)N1. The number of ketones is 1. The molecule has 8 heteroatoms. The smallest absolute Gasteiger partial charge is 0.339 e. The maximum Gasteiger partial charge on any atom is 0.339 e. The molecule has 2 unspecified atom stereocenters. The lowest BCUT2D eigenvalue weighted by molar-refractivity contribution is -0.156. The van der Waals surface area contributed by atoms with Crippen molar-refractivity contribution >= 4 is 22.7 Å². The van der Waals surface area contributed by atoms with Gasteiger partial charge in [-0.1, -0.05) is 62.4 Å². The predicted molar refractivity (Wildman–Crippen MR) is 181 cm³/mol. The first-order chi connectivity index (χ1) is 22.4. The van der Waals surface area contributed by atoms with Gasteiger partial charge in [0.05, 0.1) is 11.5 Å². The third-order valence-electron chi connectivity index (χ3n) is 8.63. The van der Waals surface area contributed by atoms with Crippen molar-refractivity contribution < 1.29 is 28.2 Å². The van der Waals surface area contributed by atoms with Crippen LogP contribution in [-0.2, 0) is 20.9 Å². The summed E-state index contributed by atoms with van der Waals surface area (Å²) in [5.74, 6) is -0.809. The van der Waals surface area contributed by atoms with Crippen molar-refractivity contribution in [2.45, 2.75) is 74.2 Å². The van der Waals surface area contributed by atoms with Crippen LogP contribution < -0.4 is 20.4 Å². The van der Waals surface area contributed by atoms with Crippen LogP contribution in [0.25, 0.3) is 11.0 Å². The van der Waals surface area contributed by atoms with E-state index in [4.69, 9.17) is 18.6 Å². The van der Waals surface area contributed by atoms with E-state index in [2.05, 4.69) is 5.32 Å². The van der Waals surface area contributed by atoms with E-state index in [9.17, 15) is 14.4 Å². The van der Waals surface area contributed by atoms with Crippen molar-refractivity contribution in [3.05, 3.63) is 128 Å². The number of ether oxygens (including phenoxy) is 3. The Bertz CT molecular complexity index is 1970. The second kappa shape index (κ2) is 13.7. The van der Waals surface area contributed by atoms with Crippen molar-refractivity contribution in [3.63, 3.8) is 0 Å². The standard InChI is InChI=1S/C39H41NO7/c1-21(2)36(41)33-25(6)40-26(7)34(35(33)30-16-12-13-17-32(30)44-20-28-14-10-9-11-15-28)39(43)46-27(8)45-31-19-18-29-22(3)23(4)38(42)47-37(29)24(31)5/h9-19,21,27,35,40H,20H2,1-8H3. The summed E-state index contributed by atoms with van der Waals surface area (Å²) in [5.41, 5.74) is 5.71. The van der Waals surface area contributed by atoms with Gasteiger partial charge in [0.15, 0.2) is 5.78 Å². The number of aryl methyl sites for hydroxylation is 2. The Morgan fingerprint density at radius 1 is 0.787 bits per heavy atom. The predicted octanol–water partition coefficient (Wildman–Crippen LogP) is 7.73. The summed E-state index contributed by atoms with van der Waals surface area (Å²) < 4.78 is 23.9. The highest BCUT2D eigenvalue weighted by atomic mass is 16.7. The fourth-order valence-corrected chi connectivity index (χ4v) is 5.97. The molecule has 1 N–H and O–H groups in total. The van der Waals surface area contributed by atoms with Crippen molar-refractivity contribution in [1.29, 1.82) is 0 Å². The molecule has 4 aromatic rings. The molecule has 244 valence electrons. The van der Waals surface area contributed by atoms with E-state index in [1.807, 2.05) is 88.4 Å². The van der Waals surface area contributed by atoms with Crippen LogP contribution in [0.15, 0.2) is 98.5 Å². The Morgan fingerprint density at radius 3 is 2.15 bits per heavy atom. The molecule has 0 bridgehead atoms. The summed E-state index contributed by atoms with van der Waals surface area (Å²) in [5, 5.41) is 4.07. The van der Waals surface area contributed by atoms with Crippen LogP contribution in [-0.4, -0.2) is 18.0 Å². The van der Waals surface area contributed by atoms with Gasteiger partial charge in [-0.2, -0.15) is 0 Å². The van der Waals surface area contributed by atoms with Crippen molar-refractivity contribution in [2.75, 3.05) is 0 Å². The first kappa shape index (κ1) is 33.3. The molecule has 0 saturated carbocycles. The van der Waals surface area contributed by atoms with Gasteiger partial charge in [0, 0.05) is 51.9 Å². The van der Waals surface area contributed by atoms with Crippen LogP contribution in [0.1, 0.15) is 68.4 Å². The fraction of sp³-hybridized carbons (Fsp3) is 0.308. The molecule has 0 saturated heterocycles. The maximum absolute atomic E-state index is 14.1. The molecule has 5 rings (SSSR count). The van der Waals surface area contributed by atoms with E-state index < -0.39 is 23.8 Å². The van der Waals surface area contributed by atoms with E-state index >= 15 is 0 Å². The van der Waals surface area contributed by atoms with Gasteiger partial charge in [-0.15, -0.1) is 0 Å². The number of Topliss-reactive ketones (excluding diaryl/α,β-unsaturated/α-hetero) is 1. The Morgan fingerprint density at radius 2 is 1.45 bits per heavy atom. The number of carbonyl (C=O) groups excluding carboxylic acids is 2. The van der Waals surface area contributed by atoms with Gasteiger partial charge in [-0.05, 0) is 63.9 Å². The minimum absolute atomic E-state index is 0.0845. The topological polar surface area (TPSA) is 104 Å². The summed E-state index contributed by atoms with van der Waals surface area (Å²) in [7, 11) is 0. The third kappa shape index (κ3) is 6.73. The van der Waals surface area contributed by atoms with Crippen LogP contribution in [0, 0.1) is 26.7 Å². The number of para-hydroxylation sites is 1. The van der Waals surface area contributed by atoms with Gasteiger partial charge in [-0.25, -0.2) is 9.59 Å².